The van der Waals surface area contributed by atoms with E-state index in [2.05, 4.69) is 10.6 Å². The van der Waals surface area contributed by atoms with E-state index < -0.39 is 17.3 Å². The van der Waals surface area contributed by atoms with Gasteiger partial charge in [-0.1, -0.05) is 50.6 Å². The molecule has 0 aliphatic rings. The fourth-order valence-electron chi connectivity index (χ4n) is 2.25. The summed E-state index contributed by atoms with van der Waals surface area (Å²) in [5.74, 6) is -2.02. The van der Waals surface area contributed by atoms with Gasteiger partial charge in [0.2, 0.25) is 11.8 Å². The number of amides is 2. The zero-order chi connectivity index (χ0) is 19.0. The molecule has 0 spiro atoms. The molecule has 0 fully saturated rings. The predicted octanol–water partition coefficient (Wildman–Crippen LogP) is 1.91. The minimum absolute atomic E-state index is 0.0648. The van der Waals surface area contributed by atoms with Gasteiger partial charge in [0.15, 0.2) is 0 Å². The van der Waals surface area contributed by atoms with Crippen LogP contribution < -0.4 is 10.6 Å². The first-order valence-electron chi connectivity index (χ1n) is 8.43. The van der Waals surface area contributed by atoms with E-state index in [-0.39, 0.29) is 31.3 Å². The highest BCUT2D eigenvalue weighted by Crippen LogP contribution is 2.12. The molecule has 0 aliphatic heterocycles. The quantitative estimate of drug-likeness (QED) is 0.669. The van der Waals surface area contributed by atoms with Gasteiger partial charge in [-0.2, -0.15) is 0 Å². The highest BCUT2D eigenvalue weighted by Gasteiger charge is 2.21. The summed E-state index contributed by atoms with van der Waals surface area (Å²) in [5, 5.41) is 14.7. The molecular formula is C19H28N2O4. The Balaban J connectivity index is 2.43. The van der Waals surface area contributed by atoms with Crippen LogP contribution in [0, 0.1) is 18.3 Å². The first-order valence-corrected chi connectivity index (χ1v) is 8.43. The van der Waals surface area contributed by atoms with Gasteiger partial charge in [0, 0.05) is 24.9 Å². The van der Waals surface area contributed by atoms with Gasteiger partial charge < -0.3 is 15.7 Å². The molecule has 2 amide bonds. The van der Waals surface area contributed by atoms with Crippen LogP contribution in [-0.4, -0.2) is 36.0 Å². The number of nitrogens with one attached hydrogen (secondary N) is 2. The number of carbonyl (C=O) groups is 3. The van der Waals surface area contributed by atoms with Gasteiger partial charge in [-0.15, -0.1) is 0 Å². The zero-order valence-corrected chi connectivity index (χ0v) is 15.4. The van der Waals surface area contributed by atoms with Crippen LogP contribution in [0.5, 0.6) is 0 Å². The molecule has 0 heterocycles. The molecule has 0 aromatic heterocycles. The second-order valence-corrected chi connectivity index (χ2v) is 7.29. The summed E-state index contributed by atoms with van der Waals surface area (Å²) < 4.78 is 0. The number of rotatable bonds is 8. The second-order valence-electron chi connectivity index (χ2n) is 7.29. The molecule has 0 saturated heterocycles. The van der Waals surface area contributed by atoms with Gasteiger partial charge in [0.25, 0.3) is 0 Å². The van der Waals surface area contributed by atoms with E-state index >= 15 is 0 Å². The Morgan fingerprint density at radius 1 is 1.16 bits per heavy atom. The summed E-state index contributed by atoms with van der Waals surface area (Å²) in [6.07, 6.45) is 0.483. The molecule has 3 N–H and O–H groups in total. The van der Waals surface area contributed by atoms with E-state index in [1.54, 1.807) is 20.8 Å². The van der Waals surface area contributed by atoms with Crippen molar-refractivity contribution in [3.05, 3.63) is 35.4 Å². The maximum Gasteiger partial charge on any atom is 0.308 e. The highest BCUT2D eigenvalue weighted by molar-refractivity contribution is 5.82. The Labute approximate surface area is 149 Å². The van der Waals surface area contributed by atoms with Crippen molar-refractivity contribution >= 4 is 17.8 Å². The fourth-order valence-corrected chi connectivity index (χ4v) is 2.25. The molecule has 25 heavy (non-hydrogen) atoms. The number of carboxylic acid groups (broad SMARTS) is 1. The third-order valence-electron chi connectivity index (χ3n) is 3.78. The molecule has 138 valence electrons. The lowest BCUT2D eigenvalue weighted by Crippen LogP contribution is -2.39. The molecule has 0 bridgehead atoms. The molecule has 6 heteroatoms. The van der Waals surface area contributed by atoms with Gasteiger partial charge in [-0.25, -0.2) is 0 Å². The number of carbonyl (C=O) groups excluding carboxylic acids is 2. The fraction of sp³-hybridized carbons (Fsp3) is 0.526. The lowest BCUT2D eigenvalue weighted by atomic mass is 9.96. The first-order chi connectivity index (χ1) is 11.6. The third-order valence-corrected chi connectivity index (χ3v) is 3.78. The maximum absolute atomic E-state index is 11.9. The van der Waals surface area contributed by atoms with E-state index in [1.807, 2.05) is 31.2 Å². The van der Waals surface area contributed by atoms with E-state index in [0.717, 1.165) is 11.1 Å². The average Bonchev–Trinajstić information content (AvgIpc) is 2.50. The van der Waals surface area contributed by atoms with Crippen LogP contribution in [0.2, 0.25) is 0 Å². The minimum atomic E-state index is -0.942. The van der Waals surface area contributed by atoms with Crippen LogP contribution in [0.15, 0.2) is 24.3 Å². The van der Waals surface area contributed by atoms with Gasteiger partial charge in [0.05, 0.1) is 5.92 Å². The molecule has 0 radical (unpaired) electrons. The number of hydrogen-bond acceptors (Lipinski definition) is 3. The Kier molecular flexibility index (Phi) is 7.61. The van der Waals surface area contributed by atoms with Crippen molar-refractivity contribution in [2.75, 3.05) is 13.1 Å². The number of carboxylic acids is 1. The van der Waals surface area contributed by atoms with E-state index in [0.29, 0.717) is 6.42 Å². The van der Waals surface area contributed by atoms with Crippen LogP contribution in [-0.2, 0) is 20.8 Å². The molecule has 0 saturated carbocycles. The molecule has 6 nitrogen and oxygen atoms in total. The minimum Gasteiger partial charge on any atom is -0.481 e. The SMILES string of the molecule is Cc1cccc(CC(CNC(=O)CCNC(=O)C(C)(C)C)C(=O)O)c1. The zero-order valence-electron chi connectivity index (χ0n) is 15.4. The molecule has 1 aromatic carbocycles. The lowest BCUT2D eigenvalue weighted by molar-refractivity contribution is -0.141. The van der Waals surface area contributed by atoms with Crippen molar-refractivity contribution in [2.24, 2.45) is 11.3 Å². The van der Waals surface area contributed by atoms with Crippen molar-refractivity contribution in [1.82, 2.24) is 10.6 Å². The molecule has 1 unspecified atom stereocenters. The summed E-state index contributed by atoms with van der Waals surface area (Å²) in [6.45, 7) is 7.64. The normalized spacial score (nSPS) is 12.3. The van der Waals surface area contributed by atoms with E-state index in [9.17, 15) is 19.5 Å². The largest absolute Gasteiger partial charge is 0.481 e. The van der Waals surface area contributed by atoms with Gasteiger partial charge >= 0.3 is 5.97 Å². The summed E-state index contributed by atoms with van der Waals surface area (Å²) in [4.78, 5) is 35.0. The van der Waals surface area contributed by atoms with Crippen molar-refractivity contribution in [3.63, 3.8) is 0 Å². The van der Waals surface area contributed by atoms with Crippen LogP contribution in [0.25, 0.3) is 0 Å². The summed E-state index contributed by atoms with van der Waals surface area (Å²) in [5.41, 5.74) is 1.50. The van der Waals surface area contributed by atoms with Crippen LogP contribution in [0.3, 0.4) is 0 Å². The predicted molar refractivity (Wildman–Crippen MR) is 96.1 cm³/mol. The number of aryl methyl sites for hydroxylation is 1. The molecule has 1 aromatic rings. The maximum atomic E-state index is 11.9. The van der Waals surface area contributed by atoms with Gasteiger partial charge in [-0.05, 0) is 18.9 Å². The summed E-state index contributed by atoms with van der Waals surface area (Å²) >= 11 is 0. The van der Waals surface area contributed by atoms with Crippen molar-refractivity contribution in [1.29, 1.82) is 0 Å². The van der Waals surface area contributed by atoms with Crippen LogP contribution >= 0.6 is 0 Å². The van der Waals surface area contributed by atoms with Crippen LogP contribution in [0.4, 0.5) is 0 Å². The molecule has 0 aliphatic carbocycles. The van der Waals surface area contributed by atoms with Gasteiger partial charge in [-0.3, -0.25) is 14.4 Å². The topological polar surface area (TPSA) is 95.5 Å². The lowest BCUT2D eigenvalue weighted by Gasteiger charge is -2.18. The molecule has 1 atom stereocenters. The number of aliphatic carboxylic acids is 1. The van der Waals surface area contributed by atoms with Crippen molar-refractivity contribution in [3.8, 4) is 0 Å². The second kappa shape index (κ2) is 9.20. The Bertz CT molecular complexity index is 620. The Morgan fingerprint density at radius 3 is 2.40 bits per heavy atom. The van der Waals surface area contributed by atoms with Crippen molar-refractivity contribution in [2.45, 2.75) is 40.5 Å². The Hall–Kier alpha value is -2.37. The molecular weight excluding hydrogens is 320 g/mol. The first kappa shape index (κ1) is 20.7. The molecule has 1 rings (SSSR count). The average molecular weight is 348 g/mol. The standard InChI is InChI=1S/C19H28N2O4/c1-13-6-5-7-14(10-13)11-15(17(23)24)12-21-16(22)8-9-20-18(25)19(2,3)4/h5-7,10,15H,8-9,11-12H2,1-4H3,(H,20,25)(H,21,22)(H,23,24). The van der Waals surface area contributed by atoms with Crippen LogP contribution in [0.1, 0.15) is 38.3 Å². The van der Waals surface area contributed by atoms with Crippen molar-refractivity contribution < 1.29 is 19.5 Å². The number of benzene rings is 1. The monoisotopic (exact) mass is 348 g/mol. The van der Waals surface area contributed by atoms with E-state index in [1.165, 1.54) is 0 Å². The highest BCUT2D eigenvalue weighted by atomic mass is 16.4. The summed E-state index contributed by atoms with van der Waals surface area (Å²) in [6, 6.07) is 7.67. The third kappa shape index (κ3) is 7.83. The summed E-state index contributed by atoms with van der Waals surface area (Å²) in [7, 11) is 0. The smallest absolute Gasteiger partial charge is 0.308 e. The van der Waals surface area contributed by atoms with Gasteiger partial charge in [0.1, 0.15) is 0 Å². The van der Waals surface area contributed by atoms with E-state index in [4.69, 9.17) is 0 Å². The number of hydrogen-bond donors (Lipinski definition) is 3. The Morgan fingerprint density at radius 2 is 1.84 bits per heavy atom.